The molecule has 11 heteroatoms. The van der Waals surface area contributed by atoms with E-state index in [0.29, 0.717) is 16.9 Å². The molecule has 186 valence electrons. The second kappa shape index (κ2) is 11.0. The highest BCUT2D eigenvalue weighted by Gasteiger charge is 2.22. The number of hydrogen-bond donors (Lipinski definition) is 2. The Labute approximate surface area is 215 Å². The van der Waals surface area contributed by atoms with Gasteiger partial charge in [0.15, 0.2) is 0 Å². The van der Waals surface area contributed by atoms with E-state index in [2.05, 4.69) is 4.72 Å². The fourth-order valence-corrected chi connectivity index (χ4v) is 6.01. The number of phenols is 1. The number of hydrogen-bond acceptors (Lipinski definition) is 7. The maximum atomic E-state index is 13.6. The number of thiophene rings is 1. The van der Waals surface area contributed by atoms with Gasteiger partial charge in [-0.1, -0.05) is 41.9 Å². The van der Waals surface area contributed by atoms with E-state index in [4.69, 9.17) is 21.1 Å². The third-order valence-electron chi connectivity index (χ3n) is 4.86. The Kier molecular flexibility index (Phi) is 7.78. The summed E-state index contributed by atoms with van der Waals surface area (Å²) in [6.07, 6.45) is 0. The van der Waals surface area contributed by atoms with Gasteiger partial charge in [0.1, 0.15) is 44.6 Å². The SMILES string of the molecule is O=C(OCCOc1ccccc1)c1ccc(NS(=O)(=O)c2cc(-c3cccc(F)c3)c(Cl)s2)cc1O. The van der Waals surface area contributed by atoms with Crippen molar-refractivity contribution in [2.45, 2.75) is 4.21 Å². The van der Waals surface area contributed by atoms with E-state index in [1.165, 1.54) is 36.4 Å². The number of halogens is 2. The van der Waals surface area contributed by atoms with Gasteiger partial charge in [-0.3, -0.25) is 4.72 Å². The number of aromatic hydroxyl groups is 1. The molecule has 0 unspecified atom stereocenters. The number of para-hydroxylation sites is 1. The molecule has 3 aromatic carbocycles. The van der Waals surface area contributed by atoms with Gasteiger partial charge >= 0.3 is 5.97 Å². The standard InChI is InChI=1S/C25H19ClFNO6S2/c26-24-21(16-5-4-6-17(27)13-16)15-23(35-24)36(31,32)28-18-9-10-20(22(29)14-18)25(30)34-12-11-33-19-7-2-1-3-8-19/h1-10,13-15,28-29H,11-12H2. The molecule has 0 atom stereocenters. The second-order valence-electron chi connectivity index (χ2n) is 7.40. The molecule has 0 amide bonds. The van der Waals surface area contributed by atoms with Crippen molar-refractivity contribution in [3.63, 3.8) is 0 Å². The first-order chi connectivity index (χ1) is 17.2. The fraction of sp³-hybridized carbons (Fsp3) is 0.0800. The van der Waals surface area contributed by atoms with Crippen LogP contribution in [0.5, 0.6) is 11.5 Å². The first-order valence-electron chi connectivity index (χ1n) is 10.5. The van der Waals surface area contributed by atoms with Crippen LogP contribution in [0.15, 0.2) is 83.1 Å². The number of rotatable bonds is 9. The molecule has 0 saturated carbocycles. The smallest absolute Gasteiger partial charge is 0.342 e. The van der Waals surface area contributed by atoms with Crippen LogP contribution in [0.4, 0.5) is 10.1 Å². The van der Waals surface area contributed by atoms with Crippen LogP contribution >= 0.6 is 22.9 Å². The summed E-state index contributed by atoms with van der Waals surface area (Å²) in [5.41, 5.74) is 0.699. The number of carbonyl (C=O) groups excluding carboxylic acids is 1. The van der Waals surface area contributed by atoms with Crippen LogP contribution in [-0.2, 0) is 14.8 Å². The molecular formula is C25H19ClFNO6S2. The van der Waals surface area contributed by atoms with Crippen LogP contribution in [-0.4, -0.2) is 32.7 Å². The Hall–Kier alpha value is -3.60. The summed E-state index contributed by atoms with van der Waals surface area (Å²) in [5.74, 6) is -1.10. The molecule has 0 radical (unpaired) electrons. The van der Waals surface area contributed by atoms with Crippen LogP contribution in [0, 0.1) is 5.82 Å². The molecule has 0 aliphatic carbocycles. The Morgan fingerprint density at radius 3 is 2.50 bits per heavy atom. The van der Waals surface area contributed by atoms with Crippen molar-refractivity contribution in [2.75, 3.05) is 17.9 Å². The summed E-state index contributed by atoms with van der Waals surface area (Å²) < 4.78 is 52.2. The number of nitrogens with one attached hydrogen (secondary N) is 1. The summed E-state index contributed by atoms with van der Waals surface area (Å²) >= 11 is 7.02. The van der Waals surface area contributed by atoms with Crippen LogP contribution < -0.4 is 9.46 Å². The van der Waals surface area contributed by atoms with E-state index >= 15 is 0 Å². The van der Waals surface area contributed by atoms with Crippen LogP contribution in [0.2, 0.25) is 4.34 Å². The highest BCUT2D eigenvalue weighted by molar-refractivity contribution is 7.94. The molecule has 0 saturated heterocycles. The Bertz CT molecular complexity index is 1490. The lowest BCUT2D eigenvalue weighted by Crippen LogP contribution is -2.13. The van der Waals surface area contributed by atoms with Gasteiger partial charge in [-0.15, -0.1) is 11.3 Å². The molecule has 36 heavy (non-hydrogen) atoms. The number of ether oxygens (including phenoxy) is 2. The van der Waals surface area contributed by atoms with Crippen molar-refractivity contribution in [2.24, 2.45) is 0 Å². The zero-order valence-electron chi connectivity index (χ0n) is 18.5. The third-order valence-corrected chi connectivity index (χ3v) is 8.08. The lowest BCUT2D eigenvalue weighted by molar-refractivity contribution is 0.0447. The highest BCUT2D eigenvalue weighted by Crippen LogP contribution is 2.38. The first-order valence-corrected chi connectivity index (χ1v) is 13.2. The van der Waals surface area contributed by atoms with Gasteiger partial charge in [0.25, 0.3) is 10.0 Å². The third kappa shape index (κ3) is 6.14. The van der Waals surface area contributed by atoms with Gasteiger partial charge in [0, 0.05) is 11.6 Å². The van der Waals surface area contributed by atoms with Gasteiger partial charge in [-0.05, 0) is 48.0 Å². The Balaban J connectivity index is 1.40. The van der Waals surface area contributed by atoms with Gasteiger partial charge in [-0.25, -0.2) is 17.6 Å². The minimum atomic E-state index is -4.08. The largest absolute Gasteiger partial charge is 0.507 e. The van der Waals surface area contributed by atoms with E-state index in [1.807, 2.05) is 18.2 Å². The molecule has 4 rings (SSSR count). The van der Waals surface area contributed by atoms with Crippen molar-refractivity contribution in [3.05, 3.63) is 94.6 Å². The lowest BCUT2D eigenvalue weighted by Gasteiger charge is -2.10. The van der Waals surface area contributed by atoms with Gasteiger partial charge in [0.05, 0.1) is 5.69 Å². The molecule has 0 spiro atoms. The van der Waals surface area contributed by atoms with Gasteiger partial charge in [-0.2, -0.15) is 0 Å². The molecule has 2 N–H and O–H groups in total. The quantitative estimate of drug-likeness (QED) is 0.198. The minimum Gasteiger partial charge on any atom is -0.507 e. The topological polar surface area (TPSA) is 102 Å². The van der Waals surface area contributed by atoms with Crippen molar-refractivity contribution in [3.8, 4) is 22.6 Å². The van der Waals surface area contributed by atoms with Crippen molar-refractivity contribution < 1.29 is 32.2 Å². The maximum absolute atomic E-state index is 13.6. The number of carbonyl (C=O) groups is 1. The van der Waals surface area contributed by atoms with Gasteiger partial charge < -0.3 is 14.6 Å². The lowest BCUT2D eigenvalue weighted by atomic mass is 10.1. The van der Waals surface area contributed by atoms with E-state index in [-0.39, 0.29) is 33.0 Å². The fourth-order valence-electron chi connectivity index (χ4n) is 3.19. The number of anilines is 1. The first kappa shape index (κ1) is 25.5. The van der Waals surface area contributed by atoms with Crippen molar-refractivity contribution in [1.82, 2.24) is 0 Å². The molecule has 0 aliphatic heterocycles. The average molecular weight is 548 g/mol. The summed E-state index contributed by atoms with van der Waals surface area (Å²) in [7, 11) is -4.08. The normalized spacial score (nSPS) is 11.2. The Morgan fingerprint density at radius 1 is 1.00 bits per heavy atom. The Morgan fingerprint density at radius 2 is 1.78 bits per heavy atom. The summed E-state index contributed by atoms with van der Waals surface area (Å²) in [4.78, 5) is 12.3. The van der Waals surface area contributed by atoms with E-state index in [1.54, 1.807) is 18.2 Å². The summed E-state index contributed by atoms with van der Waals surface area (Å²) in [5, 5.41) is 10.3. The van der Waals surface area contributed by atoms with Crippen molar-refractivity contribution in [1.29, 1.82) is 0 Å². The van der Waals surface area contributed by atoms with Gasteiger partial charge in [0.2, 0.25) is 0 Å². The maximum Gasteiger partial charge on any atom is 0.342 e. The van der Waals surface area contributed by atoms with Crippen LogP contribution in [0.1, 0.15) is 10.4 Å². The number of sulfonamides is 1. The van der Waals surface area contributed by atoms with Crippen molar-refractivity contribution >= 4 is 44.6 Å². The number of benzene rings is 3. The molecule has 4 aromatic rings. The summed E-state index contributed by atoms with van der Waals surface area (Å²) in [6, 6.07) is 19.6. The van der Waals surface area contributed by atoms with E-state index in [0.717, 1.165) is 17.4 Å². The molecule has 7 nitrogen and oxygen atoms in total. The molecule has 1 heterocycles. The average Bonchev–Trinajstić information content (AvgIpc) is 3.25. The number of phenolic OH excluding ortho intramolecular Hbond substituents is 1. The highest BCUT2D eigenvalue weighted by atomic mass is 35.5. The van der Waals surface area contributed by atoms with E-state index < -0.39 is 27.6 Å². The monoisotopic (exact) mass is 547 g/mol. The molecular weight excluding hydrogens is 529 g/mol. The van der Waals surface area contributed by atoms with E-state index in [9.17, 15) is 22.7 Å². The predicted octanol–water partition coefficient (Wildman–Crippen LogP) is 5.95. The molecule has 0 bridgehead atoms. The number of esters is 1. The minimum absolute atomic E-state index is 0.0216. The summed E-state index contributed by atoms with van der Waals surface area (Å²) in [6.45, 7) is 0.0731. The second-order valence-corrected chi connectivity index (χ2v) is 11.0. The van der Waals surface area contributed by atoms with Crippen LogP contribution in [0.3, 0.4) is 0 Å². The predicted molar refractivity (Wildman–Crippen MR) is 136 cm³/mol. The molecule has 0 aliphatic rings. The zero-order valence-corrected chi connectivity index (χ0v) is 20.9. The molecule has 1 aromatic heterocycles. The molecule has 0 fully saturated rings. The zero-order chi connectivity index (χ0) is 25.7. The van der Waals surface area contributed by atoms with Crippen LogP contribution in [0.25, 0.3) is 11.1 Å².